The average Bonchev–Trinajstić information content (AvgIpc) is 2.73. The van der Waals surface area contributed by atoms with E-state index in [1.807, 2.05) is 56.3 Å². The average molecular weight is 356 g/mol. The second-order valence-electron chi connectivity index (χ2n) is 5.40. The van der Waals surface area contributed by atoms with E-state index in [9.17, 15) is 4.79 Å². The molecule has 3 rings (SSSR count). The smallest absolute Gasteiger partial charge is 0.292 e. The normalized spacial score (nSPS) is 10.4. The van der Waals surface area contributed by atoms with Crippen LogP contribution < -0.4 is 4.74 Å². The van der Waals surface area contributed by atoms with Crippen molar-refractivity contribution in [3.8, 4) is 12.0 Å². The summed E-state index contributed by atoms with van der Waals surface area (Å²) in [6.07, 6.45) is 3.22. The fraction of sp³-hybridized carbons (Fsp3) is 0.130. The fourth-order valence-corrected chi connectivity index (χ4v) is 2.80. The van der Waals surface area contributed by atoms with Crippen LogP contribution >= 0.6 is 0 Å². The van der Waals surface area contributed by atoms with Crippen LogP contribution in [0, 0.1) is 11.5 Å². The van der Waals surface area contributed by atoms with Crippen LogP contribution in [0.25, 0.3) is 0 Å². The molecule has 134 valence electrons. The van der Waals surface area contributed by atoms with Crippen LogP contribution in [0.5, 0.6) is 5.75 Å². The number of isocyanates is 1. The van der Waals surface area contributed by atoms with E-state index in [-0.39, 0.29) is 5.92 Å². The van der Waals surface area contributed by atoms with Gasteiger partial charge in [-0.3, -0.25) is 0 Å². The van der Waals surface area contributed by atoms with E-state index in [1.165, 1.54) is 0 Å². The van der Waals surface area contributed by atoms with E-state index >= 15 is 0 Å². The maximum Gasteiger partial charge on any atom is 0.292 e. The predicted molar refractivity (Wildman–Crippen MR) is 106 cm³/mol. The van der Waals surface area contributed by atoms with Gasteiger partial charge in [-0.15, -0.1) is 5.26 Å². The van der Waals surface area contributed by atoms with Crippen molar-refractivity contribution in [2.24, 2.45) is 4.99 Å². The number of aliphatic imine (C=N–C) groups is 1. The zero-order valence-electron chi connectivity index (χ0n) is 15.3. The molecule has 0 bridgehead atoms. The van der Waals surface area contributed by atoms with E-state index in [0.717, 1.165) is 16.7 Å². The topological polar surface area (TPSA) is 62.4 Å². The summed E-state index contributed by atoms with van der Waals surface area (Å²) in [7, 11) is 0. The third-order valence-corrected chi connectivity index (χ3v) is 3.91. The molecule has 0 saturated carbocycles. The first-order chi connectivity index (χ1) is 13.3. The Morgan fingerprint density at radius 2 is 1.33 bits per heavy atom. The first-order valence-corrected chi connectivity index (χ1v) is 8.70. The second kappa shape index (κ2) is 10.4. The molecule has 0 spiro atoms. The van der Waals surface area contributed by atoms with E-state index in [1.54, 1.807) is 36.6 Å². The third-order valence-electron chi connectivity index (χ3n) is 3.91. The molecule has 1 unspecified atom stereocenters. The Bertz CT molecular complexity index is 921. The van der Waals surface area contributed by atoms with Gasteiger partial charge >= 0.3 is 0 Å². The molecule has 1 atom stereocenters. The molecule has 0 saturated heterocycles. The van der Waals surface area contributed by atoms with Crippen molar-refractivity contribution >= 4 is 11.8 Å². The van der Waals surface area contributed by atoms with Crippen molar-refractivity contribution in [1.82, 2.24) is 0 Å². The number of nitriles is 1. The zero-order chi connectivity index (χ0) is 19.5. The van der Waals surface area contributed by atoms with E-state index < -0.39 is 0 Å². The number of rotatable bonds is 5. The van der Waals surface area contributed by atoms with Crippen molar-refractivity contribution in [2.75, 3.05) is 0 Å². The number of carbonyl (C=O) groups excluding carboxylic acids is 1. The Morgan fingerprint density at radius 1 is 0.815 bits per heavy atom. The van der Waals surface area contributed by atoms with Gasteiger partial charge < -0.3 is 4.74 Å². The Morgan fingerprint density at radius 3 is 1.85 bits per heavy atom. The van der Waals surface area contributed by atoms with Crippen LogP contribution in [0.15, 0.2) is 83.9 Å². The molecule has 0 aliphatic rings. The lowest BCUT2D eigenvalue weighted by molar-refractivity contribution is 0.507. The van der Waals surface area contributed by atoms with Crippen molar-refractivity contribution in [3.05, 3.63) is 95.6 Å². The molecule has 0 aliphatic carbocycles. The number of nitrogens with zero attached hydrogens (tertiary/aromatic N) is 2. The van der Waals surface area contributed by atoms with Crippen LogP contribution in [-0.4, -0.2) is 6.08 Å². The molecular weight excluding hydrogens is 336 g/mol. The molecule has 3 aromatic carbocycles. The number of hydrogen-bond acceptors (Lipinski definition) is 4. The largest absolute Gasteiger partial charge is 0.388 e. The minimum Gasteiger partial charge on any atom is -0.388 e. The number of hydrogen-bond donors (Lipinski definition) is 0. The molecule has 0 aromatic heterocycles. The van der Waals surface area contributed by atoms with Gasteiger partial charge in [0.25, 0.3) is 6.26 Å². The fourth-order valence-electron chi connectivity index (χ4n) is 2.80. The van der Waals surface area contributed by atoms with E-state index in [0.29, 0.717) is 11.4 Å². The second-order valence-corrected chi connectivity index (χ2v) is 5.40. The summed E-state index contributed by atoms with van der Waals surface area (Å²) < 4.78 is 4.85. The van der Waals surface area contributed by atoms with Crippen LogP contribution in [0.3, 0.4) is 0 Å². The highest BCUT2D eigenvalue weighted by Gasteiger charge is 2.16. The molecule has 0 radical (unpaired) electrons. The molecule has 4 nitrogen and oxygen atoms in total. The van der Waals surface area contributed by atoms with Crippen molar-refractivity contribution in [3.63, 3.8) is 0 Å². The Hall–Kier alpha value is -3.67. The van der Waals surface area contributed by atoms with Gasteiger partial charge in [-0.1, -0.05) is 68.4 Å². The van der Waals surface area contributed by atoms with E-state index in [2.05, 4.69) is 17.1 Å². The zero-order valence-corrected chi connectivity index (χ0v) is 15.3. The van der Waals surface area contributed by atoms with Gasteiger partial charge in [0.2, 0.25) is 6.08 Å². The summed E-state index contributed by atoms with van der Waals surface area (Å²) in [5, 5.41) is 8.62. The summed E-state index contributed by atoms with van der Waals surface area (Å²) in [6.45, 7) is 4.00. The van der Waals surface area contributed by atoms with Crippen molar-refractivity contribution in [2.45, 2.75) is 19.8 Å². The summed E-state index contributed by atoms with van der Waals surface area (Å²) in [6, 6.07) is 25.1. The summed E-state index contributed by atoms with van der Waals surface area (Å²) in [4.78, 5) is 14.0. The molecule has 0 N–H and O–H groups in total. The van der Waals surface area contributed by atoms with Crippen molar-refractivity contribution in [1.29, 1.82) is 5.26 Å². The molecule has 0 heterocycles. The maximum absolute atomic E-state index is 10.4. The highest BCUT2D eigenvalue weighted by molar-refractivity contribution is 5.52. The van der Waals surface area contributed by atoms with Crippen LogP contribution in [0.1, 0.15) is 36.5 Å². The van der Waals surface area contributed by atoms with Gasteiger partial charge in [-0.25, -0.2) is 4.79 Å². The van der Waals surface area contributed by atoms with Gasteiger partial charge in [-0.2, -0.15) is 4.99 Å². The molecule has 0 fully saturated rings. The SMILES string of the molecule is CC.N#COc1ccc(C(c2ccccc2)c2ccc(N=C=O)cc2)cc1. The van der Waals surface area contributed by atoms with Crippen LogP contribution in [-0.2, 0) is 4.79 Å². The van der Waals surface area contributed by atoms with E-state index in [4.69, 9.17) is 10.00 Å². The van der Waals surface area contributed by atoms with Gasteiger partial charge in [0, 0.05) is 5.92 Å². The molecule has 0 amide bonds. The third kappa shape index (κ3) is 5.15. The summed E-state index contributed by atoms with van der Waals surface area (Å²) in [5.74, 6) is 0.528. The van der Waals surface area contributed by atoms with Crippen molar-refractivity contribution < 1.29 is 9.53 Å². The van der Waals surface area contributed by atoms with Gasteiger partial charge in [-0.05, 0) is 41.0 Å². The lowest BCUT2D eigenvalue weighted by Crippen LogP contribution is -2.03. The van der Waals surface area contributed by atoms with Crippen LogP contribution in [0.4, 0.5) is 5.69 Å². The minimum atomic E-state index is 0.0200. The van der Waals surface area contributed by atoms with Gasteiger partial charge in [0.05, 0.1) is 5.69 Å². The number of ether oxygens (including phenoxy) is 1. The number of benzene rings is 3. The predicted octanol–water partition coefficient (Wildman–Crippen LogP) is 5.72. The first kappa shape index (κ1) is 19.7. The minimum absolute atomic E-state index is 0.0200. The molecular formula is C23H20N2O2. The monoisotopic (exact) mass is 356 g/mol. The lowest BCUT2D eigenvalue weighted by Gasteiger charge is -2.19. The molecule has 27 heavy (non-hydrogen) atoms. The lowest BCUT2D eigenvalue weighted by atomic mass is 9.85. The van der Waals surface area contributed by atoms with Gasteiger partial charge in [0.1, 0.15) is 5.75 Å². The maximum atomic E-state index is 10.4. The highest BCUT2D eigenvalue weighted by Crippen LogP contribution is 2.33. The Kier molecular flexibility index (Phi) is 7.53. The Balaban J connectivity index is 0.00000126. The summed E-state index contributed by atoms with van der Waals surface area (Å²) >= 11 is 0. The first-order valence-electron chi connectivity index (χ1n) is 8.70. The summed E-state index contributed by atoms with van der Waals surface area (Å²) in [5.41, 5.74) is 3.86. The highest BCUT2D eigenvalue weighted by atomic mass is 16.5. The molecule has 4 heteroatoms. The molecule has 3 aromatic rings. The Labute approximate surface area is 159 Å². The molecule has 0 aliphatic heterocycles. The standard InChI is InChI=1S/C21H14N2O2.C2H6/c22-14-25-20-12-8-18(9-13-20)21(16-4-2-1-3-5-16)17-6-10-19(11-7-17)23-15-24;1-2/h1-13,21H;1-2H3. The van der Waals surface area contributed by atoms with Gasteiger partial charge in [0.15, 0.2) is 0 Å². The van der Waals surface area contributed by atoms with Crippen LogP contribution in [0.2, 0.25) is 0 Å². The quantitative estimate of drug-likeness (QED) is 0.254.